The topological polar surface area (TPSA) is 0 Å². The number of halogens is 8. The van der Waals surface area contributed by atoms with Crippen LogP contribution in [0.1, 0.15) is 32.6 Å². The van der Waals surface area contributed by atoms with Crippen molar-refractivity contribution >= 4 is 0 Å². The molecule has 0 spiro atoms. The van der Waals surface area contributed by atoms with Crippen molar-refractivity contribution in [2.75, 3.05) is 0 Å². The summed E-state index contributed by atoms with van der Waals surface area (Å²) in [7, 11) is 0. The van der Waals surface area contributed by atoms with Gasteiger partial charge in [-0.2, -0.15) is 26.3 Å². The molecule has 0 aliphatic heterocycles. The highest BCUT2D eigenvalue weighted by Crippen LogP contribution is 2.63. The van der Waals surface area contributed by atoms with Crippen LogP contribution in [0.3, 0.4) is 0 Å². The third kappa shape index (κ3) is 2.09. The van der Waals surface area contributed by atoms with E-state index in [-0.39, 0.29) is 26.2 Å². The van der Waals surface area contributed by atoms with Gasteiger partial charge in [-0.1, -0.05) is 0 Å². The second-order valence-electron chi connectivity index (χ2n) is 6.08. The maximum atomic E-state index is 13.9. The van der Waals surface area contributed by atoms with E-state index in [2.05, 4.69) is 0 Å². The fourth-order valence-corrected chi connectivity index (χ4v) is 3.48. The average molecular weight is 310 g/mol. The van der Waals surface area contributed by atoms with Gasteiger partial charge in [0.05, 0.1) is 0 Å². The molecule has 0 aromatic rings. The van der Waals surface area contributed by atoms with Gasteiger partial charge in [-0.05, 0) is 38.5 Å². The summed E-state index contributed by atoms with van der Waals surface area (Å²) in [6, 6.07) is 0. The van der Waals surface area contributed by atoms with Gasteiger partial charge in [-0.3, -0.25) is 0 Å². The summed E-state index contributed by atoms with van der Waals surface area (Å²) >= 11 is 0. The Hall–Kier alpha value is -0.560. The molecular formula is C12H14F8. The lowest BCUT2D eigenvalue weighted by Gasteiger charge is -2.40. The molecule has 0 nitrogen and oxygen atoms in total. The monoisotopic (exact) mass is 310 g/mol. The first kappa shape index (κ1) is 15.8. The fourth-order valence-electron chi connectivity index (χ4n) is 3.48. The van der Waals surface area contributed by atoms with E-state index >= 15 is 0 Å². The SMILES string of the molecule is CC(CC1C2CCC(C2)C1(F)F)(C(F)(F)F)C(F)(F)F. The second-order valence-corrected chi connectivity index (χ2v) is 6.08. The van der Waals surface area contributed by atoms with Gasteiger partial charge in [0.15, 0.2) is 5.41 Å². The van der Waals surface area contributed by atoms with Crippen LogP contribution in [-0.4, -0.2) is 18.3 Å². The van der Waals surface area contributed by atoms with Crippen molar-refractivity contribution in [1.29, 1.82) is 0 Å². The van der Waals surface area contributed by atoms with E-state index in [1.165, 1.54) is 0 Å². The highest BCUT2D eigenvalue weighted by atomic mass is 19.4. The molecule has 3 unspecified atom stereocenters. The molecule has 0 aromatic carbocycles. The molecule has 2 aliphatic carbocycles. The standard InChI is InChI=1S/C12H14F8/c1-9(11(15,16)17,12(18,19)20)5-8-6-2-3-7(4-6)10(8,13)14/h6-8H,2-5H2,1H3. The molecule has 2 fully saturated rings. The van der Waals surface area contributed by atoms with Crippen LogP contribution in [0, 0.1) is 23.2 Å². The molecule has 2 rings (SSSR count). The van der Waals surface area contributed by atoms with Crippen LogP contribution in [0.5, 0.6) is 0 Å². The minimum Gasteiger partial charge on any atom is -0.206 e. The normalized spacial score (nSPS) is 33.8. The summed E-state index contributed by atoms with van der Waals surface area (Å²) in [5.41, 5.74) is -4.08. The van der Waals surface area contributed by atoms with Gasteiger partial charge < -0.3 is 0 Å². The number of hydrogen-bond donors (Lipinski definition) is 0. The minimum absolute atomic E-state index is 0.0188. The summed E-state index contributed by atoms with van der Waals surface area (Å²) in [4.78, 5) is 0. The molecule has 0 N–H and O–H groups in total. The highest BCUT2D eigenvalue weighted by molar-refractivity contribution is 5.05. The summed E-state index contributed by atoms with van der Waals surface area (Å²) in [5.74, 6) is -7.07. The molecule has 8 heteroatoms. The van der Waals surface area contributed by atoms with Gasteiger partial charge in [-0.15, -0.1) is 0 Å². The highest BCUT2D eigenvalue weighted by Gasteiger charge is 2.71. The minimum atomic E-state index is -5.59. The number of fused-ring (bicyclic) bond motifs is 2. The maximum Gasteiger partial charge on any atom is 0.402 e. The lowest BCUT2D eigenvalue weighted by Crippen LogP contribution is -2.51. The van der Waals surface area contributed by atoms with Crippen molar-refractivity contribution in [3.8, 4) is 0 Å². The van der Waals surface area contributed by atoms with Gasteiger partial charge >= 0.3 is 12.4 Å². The Kier molecular flexibility index (Phi) is 3.34. The Balaban J connectivity index is 2.31. The molecule has 2 saturated carbocycles. The van der Waals surface area contributed by atoms with Crippen LogP contribution in [0.4, 0.5) is 35.1 Å². The van der Waals surface area contributed by atoms with Gasteiger partial charge in [0.1, 0.15) is 0 Å². The Morgan fingerprint density at radius 1 is 0.950 bits per heavy atom. The molecule has 20 heavy (non-hydrogen) atoms. The first-order chi connectivity index (χ1) is 8.81. The number of alkyl halides is 8. The van der Waals surface area contributed by atoms with Gasteiger partial charge in [-0.25, -0.2) is 8.78 Å². The quantitative estimate of drug-likeness (QED) is 0.616. The van der Waals surface area contributed by atoms with Crippen molar-refractivity contribution in [2.24, 2.45) is 23.2 Å². The van der Waals surface area contributed by atoms with E-state index in [1.807, 2.05) is 0 Å². The first-order valence-electron chi connectivity index (χ1n) is 6.32. The van der Waals surface area contributed by atoms with Crippen molar-refractivity contribution in [1.82, 2.24) is 0 Å². The van der Waals surface area contributed by atoms with Crippen LogP contribution < -0.4 is 0 Å². The Labute approximate surface area is 110 Å². The van der Waals surface area contributed by atoms with Crippen molar-refractivity contribution in [3.63, 3.8) is 0 Å². The van der Waals surface area contributed by atoms with E-state index in [0.717, 1.165) is 0 Å². The van der Waals surface area contributed by atoms with Crippen molar-refractivity contribution < 1.29 is 35.1 Å². The first-order valence-corrected chi connectivity index (χ1v) is 6.32. The van der Waals surface area contributed by atoms with Gasteiger partial charge in [0.2, 0.25) is 0 Å². The summed E-state index contributed by atoms with van der Waals surface area (Å²) in [6.07, 6.45) is -12.3. The Morgan fingerprint density at radius 2 is 1.45 bits per heavy atom. The van der Waals surface area contributed by atoms with Crippen LogP contribution in [-0.2, 0) is 0 Å². The molecule has 2 bridgehead atoms. The molecule has 3 atom stereocenters. The summed E-state index contributed by atoms with van der Waals surface area (Å²) < 4.78 is 104. The third-order valence-corrected chi connectivity index (χ3v) is 4.96. The lowest BCUT2D eigenvalue weighted by atomic mass is 9.72. The second kappa shape index (κ2) is 4.22. The molecular weight excluding hydrogens is 296 g/mol. The van der Waals surface area contributed by atoms with Crippen LogP contribution >= 0.6 is 0 Å². The predicted molar refractivity (Wildman–Crippen MR) is 54.1 cm³/mol. The zero-order chi connectivity index (χ0) is 15.6. The lowest BCUT2D eigenvalue weighted by molar-refractivity contribution is -0.344. The smallest absolute Gasteiger partial charge is 0.206 e. The van der Waals surface area contributed by atoms with Crippen molar-refractivity contribution in [2.45, 2.75) is 50.9 Å². The summed E-state index contributed by atoms with van der Waals surface area (Å²) in [5, 5.41) is 0. The molecule has 2 aliphatic rings. The fraction of sp³-hybridized carbons (Fsp3) is 1.00. The molecule has 0 saturated heterocycles. The molecule has 0 radical (unpaired) electrons. The predicted octanol–water partition coefficient (Wildman–Crippen LogP) is 5.19. The maximum absolute atomic E-state index is 13.9. The molecule has 0 amide bonds. The van der Waals surface area contributed by atoms with E-state index in [4.69, 9.17) is 0 Å². The van der Waals surface area contributed by atoms with Crippen LogP contribution in [0.2, 0.25) is 0 Å². The third-order valence-electron chi connectivity index (χ3n) is 4.96. The summed E-state index contributed by atoms with van der Waals surface area (Å²) in [6.45, 7) is -0.0188. The zero-order valence-corrected chi connectivity index (χ0v) is 10.6. The van der Waals surface area contributed by atoms with E-state index in [1.54, 1.807) is 0 Å². The van der Waals surface area contributed by atoms with Gasteiger partial charge in [0, 0.05) is 11.8 Å². The van der Waals surface area contributed by atoms with E-state index < -0.39 is 47.9 Å². The zero-order valence-electron chi connectivity index (χ0n) is 10.6. The Bertz CT molecular complexity index is 366. The van der Waals surface area contributed by atoms with Crippen molar-refractivity contribution in [3.05, 3.63) is 0 Å². The molecule has 0 heterocycles. The van der Waals surface area contributed by atoms with Crippen LogP contribution in [0.15, 0.2) is 0 Å². The molecule has 118 valence electrons. The number of rotatable bonds is 2. The van der Waals surface area contributed by atoms with Gasteiger partial charge in [0.25, 0.3) is 5.92 Å². The number of hydrogen-bond acceptors (Lipinski definition) is 0. The van der Waals surface area contributed by atoms with E-state index in [0.29, 0.717) is 0 Å². The Morgan fingerprint density at radius 3 is 1.80 bits per heavy atom. The van der Waals surface area contributed by atoms with Crippen LogP contribution in [0.25, 0.3) is 0 Å². The largest absolute Gasteiger partial charge is 0.402 e. The molecule has 0 aromatic heterocycles. The average Bonchev–Trinajstić information content (AvgIpc) is 2.77. The van der Waals surface area contributed by atoms with E-state index in [9.17, 15) is 35.1 Å².